The maximum atomic E-state index is 10.9. The topological polar surface area (TPSA) is 46.5 Å². The zero-order valence-corrected chi connectivity index (χ0v) is 8.28. The summed E-state index contributed by atoms with van der Waals surface area (Å²) in [7, 11) is 0. The lowest BCUT2D eigenvalue weighted by molar-refractivity contribution is -0.155. The fourth-order valence-electron chi connectivity index (χ4n) is 2.64. The fraction of sp³-hybridized carbons (Fsp3) is 0.900. The van der Waals surface area contributed by atoms with E-state index in [9.17, 15) is 9.90 Å². The Morgan fingerprint density at radius 3 is 2.46 bits per heavy atom. The molecule has 0 aromatic rings. The predicted octanol–water partition coefficient (Wildman–Crippen LogP) is 0.955. The molecule has 2 saturated carbocycles. The van der Waals surface area contributed by atoms with Gasteiger partial charge in [0.1, 0.15) is 6.10 Å². The van der Waals surface area contributed by atoms with Gasteiger partial charge >= 0.3 is 5.97 Å². The molecule has 13 heavy (non-hydrogen) atoms. The Balaban J connectivity index is 2.14. The first-order chi connectivity index (χ1) is 5.94. The molecular weight excluding hydrogens is 168 g/mol. The summed E-state index contributed by atoms with van der Waals surface area (Å²) in [6.45, 7) is 5.37. The monoisotopic (exact) mass is 184 g/mol. The van der Waals surface area contributed by atoms with Crippen molar-refractivity contribution in [1.29, 1.82) is 0 Å². The van der Waals surface area contributed by atoms with Crippen LogP contribution >= 0.6 is 0 Å². The SMILES string of the molecule is CC(=O)O[C@H]1[C@H]2C[C@H]2[C@@H](O)C1(C)C. The molecule has 4 atom stereocenters. The van der Waals surface area contributed by atoms with Crippen LogP contribution in [0.4, 0.5) is 0 Å². The smallest absolute Gasteiger partial charge is 0.302 e. The number of rotatable bonds is 1. The van der Waals surface area contributed by atoms with E-state index in [0.717, 1.165) is 6.42 Å². The van der Waals surface area contributed by atoms with Crippen LogP contribution in [0.25, 0.3) is 0 Å². The quantitative estimate of drug-likeness (QED) is 0.617. The molecule has 0 heterocycles. The van der Waals surface area contributed by atoms with Crippen LogP contribution in [0.1, 0.15) is 27.2 Å². The largest absolute Gasteiger partial charge is 0.462 e. The average molecular weight is 184 g/mol. The molecule has 74 valence electrons. The lowest BCUT2D eigenvalue weighted by Crippen LogP contribution is -2.39. The average Bonchev–Trinajstić information content (AvgIpc) is 2.72. The molecule has 0 amide bonds. The van der Waals surface area contributed by atoms with E-state index < -0.39 is 0 Å². The van der Waals surface area contributed by atoms with E-state index in [2.05, 4.69) is 0 Å². The standard InChI is InChI=1S/C10H16O3/c1-5(11)13-9-7-4-6(7)8(12)10(9,2)3/h6-9,12H,4H2,1-3H3/t6-,7+,8-,9+/m1/s1. The van der Waals surface area contributed by atoms with Crippen LogP contribution in [0.2, 0.25) is 0 Å². The number of aliphatic hydroxyl groups is 1. The van der Waals surface area contributed by atoms with Gasteiger partial charge in [0, 0.05) is 18.3 Å². The molecule has 2 rings (SSSR count). The molecule has 0 saturated heterocycles. The summed E-state index contributed by atoms with van der Waals surface area (Å²) in [5.74, 6) is 0.547. The number of hydrogen-bond donors (Lipinski definition) is 1. The van der Waals surface area contributed by atoms with Crippen LogP contribution in [-0.2, 0) is 9.53 Å². The van der Waals surface area contributed by atoms with Gasteiger partial charge in [0.05, 0.1) is 6.10 Å². The van der Waals surface area contributed by atoms with Gasteiger partial charge in [0.25, 0.3) is 0 Å². The number of ether oxygens (including phenoxy) is 1. The van der Waals surface area contributed by atoms with E-state index in [1.807, 2.05) is 13.8 Å². The summed E-state index contributed by atoms with van der Waals surface area (Å²) in [6.07, 6.45) is 0.634. The highest BCUT2D eigenvalue weighted by Gasteiger charge is 2.64. The summed E-state index contributed by atoms with van der Waals surface area (Å²) in [5, 5.41) is 9.86. The van der Waals surface area contributed by atoms with Crippen molar-refractivity contribution >= 4 is 5.97 Å². The molecule has 2 aliphatic carbocycles. The zero-order chi connectivity index (χ0) is 9.80. The van der Waals surface area contributed by atoms with Crippen molar-refractivity contribution in [1.82, 2.24) is 0 Å². The Morgan fingerprint density at radius 2 is 2.08 bits per heavy atom. The molecule has 0 unspecified atom stereocenters. The van der Waals surface area contributed by atoms with E-state index >= 15 is 0 Å². The maximum absolute atomic E-state index is 10.9. The first kappa shape index (κ1) is 9.00. The molecule has 3 nitrogen and oxygen atoms in total. The molecule has 2 aliphatic rings. The van der Waals surface area contributed by atoms with Gasteiger partial charge in [-0.1, -0.05) is 13.8 Å². The van der Waals surface area contributed by atoms with E-state index in [1.165, 1.54) is 6.92 Å². The van der Waals surface area contributed by atoms with Crippen molar-refractivity contribution in [3.05, 3.63) is 0 Å². The first-order valence-electron chi connectivity index (χ1n) is 4.80. The summed E-state index contributed by atoms with van der Waals surface area (Å²) >= 11 is 0. The van der Waals surface area contributed by atoms with Gasteiger partial charge in [-0.15, -0.1) is 0 Å². The highest BCUT2D eigenvalue weighted by atomic mass is 16.5. The van der Waals surface area contributed by atoms with Crippen LogP contribution in [-0.4, -0.2) is 23.3 Å². The minimum absolute atomic E-state index is 0.0787. The molecule has 0 spiro atoms. The molecular formula is C10H16O3. The summed E-state index contributed by atoms with van der Waals surface area (Å²) in [6, 6.07) is 0. The Labute approximate surface area is 78.1 Å². The second kappa shape index (κ2) is 2.47. The van der Waals surface area contributed by atoms with Crippen LogP contribution < -0.4 is 0 Å². The van der Waals surface area contributed by atoms with Crippen LogP contribution in [0, 0.1) is 17.3 Å². The third-order valence-electron chi connectivity index (χ3n) is 3.47. The Morgan fingerprint density at radius 1 is 1.46 bits per heavy atom. The number of carbonyl (C=O) groups excluding carboxylic acids is 1. The molecule has 1 N–H and O–H groups in total. The molecule has 0 aliphatic heterocycles. The van der Waals surface area contributed by atoms with Crippen molar-refractivity contribution in [2.75, 3.05) is 0 Å². The second-order valence-corrected chi connectivity index (χ2v) is 4.86. The second-order valence-electron chi connectivity index (χ2n) is 4.86. The van der Waals surface area contributed by atoms with Crippen molar-refractivity contribution in [2.45, 2.75) is 39.4 Å². The summed E-state index contributed by atoms with van der Waals surface area (Å²) in [4.78, 5) is 10.9. The zero-order valence-electron chi connectivity index (χ0n) is 8.28. The first-order valence-corrected chi connectivity index (χ1v) is 4.80. The Kier molecular flexibility index (Phi) is 1.71. The van der Waals surface area contributed by atoms with Crippen molar-refractivity contribution in [3.8, 4) is 0 Å². The number of carbonyl (C=O) groups is 1. The van der Waals surface area contributed by atoms with Gasteiger partial charge in [-0.2, -0.15) is 0 Å². The van der Waals surface area contributed by atoms with Gasteiger partial charge in [-0.3, -0.25) is 4.79 Å². The van der Waals surface area contributed by atoms with Gasteiger partial charge in [-0.25, -0.2) is 0 Å². The van der Waals surface area contributed by atoms with E-state index in [-0.39, 0.29) is 23.6 Å². The van der Waals surface area contributed by atoms with Gasteiger partial charge in [-0.05, 0) is 12.3 Å². The maximum Gasteiger partial charge on any atom is 0.302 e. The highest BCUT2D eigenvalue weighted by molar-refractivity contribution is 5.66. The van der Waals surface area contributed by atoms with E-state index in [0.29, 0.717) is 11.8 Å². The van der Waals surface area contributed by atoms with Crippen LogP contribution in [0.15, 0.2) is 0 Å². The van der Waals surface area contributed by atoms with Crippen LogP contribution in [0.5, 0.6) is 0 Å². The molecule has 0 radical (unpaired) electrons. The molecule has 2 fully saturated rings. The summed E-state index contributed by atoms with van der Waals surface area (Å²) < 4.78 is 5.25. The highest BCUT2D eigenvalue weighted by Crippen LogP contribution is 2.60. The molecule has 0 aromatic heterocycles. The van der Waals surface area contributed by atoms with Gasteiger partial charge in [0.2, 0.25) is 0 Å². The van der Waals surface area contributed by atoms with Gasteiger partial charge < -0.3 is 9.84 Å². The molecule has 0 bridgehead atoms. The Hall–Kier alpha value is -0.570. The minimum atomic E-state index is -0.304. The predicted molar refractivity (Wildman–Crippen MR) is 46.9 cm³/mol. The third kappa shape index (κ3) is 1.17. The normalized spacial score (nSPS) is 45.5. The number of esters is 1. The minimum Gasteiger partial charge on any atom is -0.462 e. The lowest BCUT2D eigenvalue weighted by atomic mass is 9.83. The molecule has 0 aromatic carbocycles. The number of fused-ring (bicyclic) bond motifs is 1. The molecule has 3 heteroatoms. The lowest BCUT2D eigenvalue weighted by Gasteiger charge is -2.32. The van der Waals surface area contributed by atoms with Crippen molar-refractivity contribution < 1.29 is 14.6 Å². The number of hydrogen-bond acceptors (Lipinski definition) is 3. The number of aliphatic hydroxyl groups excluding tert-OH is 1. The van der Waals surface area contributed by atoms with E-state index in [1.54, 1.807) is 0 Å². The van der Waals surface area contributed by atoms with Crippen LogP contribution in [0.3, 0.4) is 0 Å². The van der Waals surface area contributed by atoms with Gasteiger partial charge in [0.15, 0.2) is 0 Å². The van der Waals surface area contributed by atoms with E-state index in [4.69, 9.17) is 4.74 Å². The summed E-state index contributed by atoms with van der Waals surface area (Å²) in [5.41, 5.74) is -0.265. The third-order valence-corrected chi connectivity index (χ3v) is 3.47. The Bertz CT molecular complexity index is 247. The fourth-order valence-corrected chi connectivity index (χ4v) is 2.64. The van der Waals surface area contributed by atoms with Crippen molar-refractivity contribution in [2.24, 2.45) is 17.3 Å². The van der Waals surface area contributed by atoms with Crippen molar-refractivity contribution in [3.63, 3.8) is 0 Å².